The summed E-state index contributed by atoms with van der Waals surface area (Å²) in [5.41, 5.74) is 7.58. The van der Waals surface area contributed by atoms with E-state index in [2.05, 4.69) is 49.2 Å². The lowest BCUT2D eigenvalue weighted by Crippen LogP contribution is -2.57. The zero-order valence-corrected chi connectivity index (χ0v) is 12.1. The molecule has 0 aliphatic carbocycles. The Kier molecular flexibility index (Phi) is 4.97. The number of ether oxygens (including phenoxy) is 1. The van der Waals surface area contributed by atoms with Crippen LogP contribution in [0.25, 0.3) is 0 Å². The number of rotatable bonds is 5. The molecule has 2 rings (SSSR count). The van der Waals surface area contributed by atoms with Gasteiger partial charge in [-0.3, -0.25) is 4.90 Å². The number of nitrogens with two attached hydrogens (primary N) is 1. The molecule has 3 heteroatoms. The molecule has 2 atom stereocenters. The quantitative estimate of drug-likeness (QED) is 0.882. The van der Waals surface area contributed by atoms with Crippen molar-refractivity contribution >= 4 is 0 Å². The minimum absolute atomic E-state index is 0.118. The number of hydrogen-bond donors (Lipinski definition) is 1. The molecule has 0 bridgehead atoms. The molecule has 2 unspecified atom stereocenters. The zero-order chi connectivity index (χ0) is 13.7. The number of benzene rings is 1. The molecule has 106 valence electrons. The van der Waals surface area contributed by atoms with E-state index in [1.165, 1.54) is 5.56 Å². The van der Waals surface area contributed by atoms with Crippen LogP contribution in [0.4, 0.5) is 0 Å². The Labute approximate surface area is 116 Å². The van der Waals surface area contributed by atoms with Gasteiger partial charge in [-0.15, -0.1) is 0 Å². The molecule has 1 saturated heterocycles. The highest BCUT2D eigenvalue weighted by Gasteiger charge is 2.37. The molecule has 0 amide bonds. The van der Waals surface area contributed by atoms with Gasteiger partial charge in [-0.05, 0) is 38.8 Å². The lowest BCUT2D eigenvalue weighted by atomic mass is 9.85. The topological polar surface area (TPSA) is 38.5 Å². The van der Waals surface area contributed by atoms with Gasteiger partial charge in [-0.2, -0.15) is 0 Å². The van der Waals surface area contributed by atoms with E-state index in [4.69, 9.17) is 10.5 Å². The van der Waals surface area contributed by atoms with Crippen LogP contribution in [-0.4, -0.2) is 43.3 Å². The predicted molar refractivity (Wildman–Crippen MR) is 79.2 cm³/mol. The first-order chi connectivity index (χ1) is 9.16. The first-order valence-electron chi connectivity index (χ1n) is 7.23. The average molecular weight is 262 g/mol. The van der Waals surface area contributed by atoms with Gasteiger partial charge >= 0.3 is 0 Å². The Balaban J connectivity index is 1.95. The summed E-state index contributed by atoms with van der Waals surface area (Å²) in [6, 6.07) is 10.6. The van der Waals surface area contributed by atoms with Crippen molar-refractivity contribution in [3.05, 3.63) is 35.9 Å². The fraction of sp³-hybridized carbons (Fsp3) is 0.625. The predicted octanol–water partition coefficient (Wildman–Crippen LogP) is 2.06. The van der Waals surface area contributed by atoms with E-state index in [0.29, 0.717) is 12.6 Å². The zero-order valence-electron chi connectivity index (χ0n) is 12.1. The van der Waals surface area contributed by atoms with E-state index in [0.717, 1.165) is 32.4 Å². The fourth-order valence-corrected chi connectivity index (χ4v) is 3.01. The monoisotopic (exact) mass is 262 g/mol. The first kappa shape index (κ1) is 14.5. The van der Waals surface area contributed by atoms with Gasteiger partial charge in [-0.1, -0.05) is 30.3 Å². The molecule has 19 heavy (non-hydrogen) atoms. The van der Waals surface area contributed by atoms with Crippen molar-refractivity contribution in [2.24, 2.45) is 5.73 Å². The fourth-order valence-electron chi connectivity index (χ4n) is 3.01. The van der Waals surface area contributed by atoms with Crippen molar-refractivity contribution in [3.63, 3.8) is 0 Å². The molecule has 0 saturated carbocycles. The number of hydrogen-bond acceptors (Lipinski definition) is 3. The van der Waals surface area contributed by atoms with E-state index in [1.807, 2.05) is 0 Å². The summed E-state index contributed by atoms with van der Waals surface area (Å²) in [6.45, 7) is 4.74. The van der Waals surface area contributed by atoms with Gasteiger partial charge in [0.05, 0.1) is 6.10 Å². The van der Waals surface area contributed by atoms with Crippen LogP contribution in [0, 0.1) is 0 Å². The summed E-state index contributed by atoms with van der Waals surface area (Å²) >= 11 is 0. The van der Waals surface area contributed by atoms with Gasteiger partial charge in [0.2, 0.25) is 0 Å². The summed E-state index contributed by atoms with van der Waals surface area (Å²) in [6.07, 6.45) is 3.47. The van der Waals surface area contributed by atoms with Gasteiger partial charge < -0.3 is 10.5 Å². The largest absolute Gasteiger partial charge is 0.378 e. The maximum absolute atomic E-state index is 6.07. The third-order valence-electron chi connectivity index (χ3n) is 4.41. The molecule has 1 aromatic rings. The summed E-state index contributed by atoms with van der Waals surface area (Å²) in [5.74, 6) is 0. The highest BCUT2D eigenvalue weighted by atomic mass is 16.5. The smallest absolute Gasteiger partial charge is 0.0565 e. The van der Waals surface area contributed by atoms with Crippen LogP contribution in [0.5, 0.6) is 0 Å². The maximum Gasteiger partial charge on any atom is 0.0565 e. The van der Waals surface area contributed by atoms with Gasteiger partial charge in [-0.25, -0.2) is 0 Å². The normalized spacial score (nSPS) is 27.7. The van der Waals surface area contributed by atoms with Crippen LogP contribution in [0.3, 0.4) is 0 Å². The minimum Gasteiger partial charge on any atom is -0.378 e. The molecule has 2 N–H and O–H groups in total. The van der Waals surface area contributed by atoms with Gasteiger partial charge in [0, 0.05) is 25.2 Å². The third-order valence-corrected chi connectivity index (χ3v) is 4.41. The second-order valence-corrected chi connectivity index (χ2v) is 5.72. The van der Waals surface area contributed by atoms with E-state index in [1.54, 1.807) is 0 Å². The van der Waals surface area contributed by atoms with E-state index in [-0.39, 0.29) is 5.54 Å². The standard InChI is InChI=1S/C16H26N2O/c1-14-12-16(13-17,9-11-19-14)18(2)10-8-15-6-4-3-5-7-15/h3-7,14H,8-13,17H2,1-2H3. The van der Waals surface area contributed by atoms with Crippen molar-refractivity contribution in [1.29, 1.82) is 0 Å². The molecular formula is C16H26N2O. The molecule has 1 fully saturated rings. The SMILES string of the molecule is CC1CC(CN)(N(C)CCc2ccccc2)CCO1. The lowest BCUT2D eigenvalue weighted by molar-refractivity contribution is -0.0555. The van der Waals surface area contributed by atoms with Crippen LogP contribution in [-0.2, 0) is 11.2 Å². The van der Waals surface area contributed by atoms with Crippen LogP contribution < -0.4 is 5.73 Å². The first-order valence-corrected chi connectivity index (χ1v) is 7.23. The van der Waals surface area contributed by atoms with Crippen LogP contribution in [0.15, 0.2) is 30.3 Å². The Morgan fingerprint density at radius 3 is 2.74 bits per heavy atom. The Morgan fingerprint density at radius 2 is 2.11 bits per heavy atom. The number of nitrogens with zero attached hydrogens (tertiary/aromatic N) is 1. The molecule has 1 heterocycles. The molecule has 0 spiro atoms. The molecular weight excluding hydrogens is 236 g/mol. The summed E-state index contributed by atoms with van der Waals surface area (Å²) in [7, 11) is 2.20. The third kappa shape index (κ3) is 3.56. The van der Waals surface area contributed by atoms with Crippen molar-refractivity contribution < 1.29 is 4.74 Å². The summed E-state index contributed by atoms with van der Waals surface area (Å²) in [5, 5.41) is 0. The van der Waals surface area contributed by atoms with Crippen LogP contribution in [0.2, 0.25) is 0 Å². The second-order valence-electron chi connectivity index (χ2n) is 5.72. The van der Waals surface area contributed by atoms with E-state index in [9.17, 15) is 0 Å². The van der Waals surface area contributed by atoms with Gasteiger partial charge in [0.25, 0.3) is 0 Å². The Morgan fingerprint density at radius 1 is 1.37 bits per heavy atom. The molecule has 1 aliphatic heterocycles. The molecule has 1 aliphatic rings. The van der Waals surface area contributed by atoms with Gasteiger partial charge in [0.1, 0.15) is 0 Å². The van der Waals surface area contributed by atoms with Crippen molar-refractivity contribution in [2.75, 3.05) is 26.7 Å². The molecule has 0 aromatic heterocycles. The summed E-state index contributed by atoms with van der Waals surface area (Å²) < 4.78 is 5.67. The van der Waals surface area contributed by atoms with Crippen LogP contribution >= 0.6 is 0 Å². The maximum atomic E-state index is 6.07. The molecule has 0 radical (unpaired) electrons. The highest BCUT2D eigenvalue weighted by molar-refractivity contribution is 5.15. The molecule has 1 aromatic carbocycles. The lowest BCUT2D eigenvalue weighted by Gasteiger charge is -2.46. The highest BCUT2D eigenvalue weighted by Crippen LogP contribution is 2.29. The van der Waals surface area contributed by atoms with E-state index < -0.39 is 0 Å². The average Bonchev–Trinajstić information content (AvgIpc) is 2.45. The van der Waals surface area contributed by atoms with Crippen molar-refractivity contribution in [1.82, 2.24) is 4.90 Å². The Hall–Kier alpha value is -0.900. The second kappa shape index (κ2) is 6.51. The minimum atomic E-state index is 0.118. The Bertz CT molecular complexity index is 382. The van der Waals surface area contributed by atoms with Crippen LogP contribution in [0.1, 0.15) is 25.3 Å². The summed E-state index contributed by atoms with van der Waals surface area (Å²) in [4.78, 5) is 2.44. The van der Waals surface area contributed by atoms with E-state index >= 15 is 0 Å². The van der Waals surface area contributed by atoms with Crippen molar-refractivity contribution in [2.45, 2.75) is 37.8 Å². The van der Waals surface area contributed by atoms with Gasteiger partial charge in [0.15, 0.2) is 0 Å². The van der Waals surface area contributed by atoms with Crippen molar-refractivity contribution in [3.8, 4) is 0 Å². The number of likely N-dealkylation sites (N-methyl/N-ethyl adjacent to an activating group) is 1. The molecule has 3 nitrogen and oxygen atoms in total.